The number of tetrazole rings is 1. The molecule has 1 amide bonds. The maximum atomic E-state index is 13.2. The molecule has 1 aromatic carbocycles. The molecule has 1 aliphatic rings. The smallest absolute Gasteiger partial charge is 0.342 e. The van der Waals surface area contributed by atoms with Gasteiger partial charge in [-0.05, 0) is 73.3 Å². The highest BCUT2D eigenvalue weighted by atomic mass is 19.4. The molecule has 0 aliphatic carbocycles. The lowest BCUT2D eigenvalue weighted by molar-refractivity contribution is -0.137. The van der Waals surface area contributed by atoms with Crippen LogP contribution in [-0.4, -0.2) is 57.7 Å². The van der Waals surface area contributed by atoms with E-state index in [4.69, 9.17) is 0 Å². The fraction of sp³-hybridized carbons (Fsp3) is 0.500. The van der Waals surface area contributed by atoms with Gasteiger partial charge < -0.3 is 10.2 Å². The van der Waals surface area contributed by atoms with Crippen molar-refractivity contribution in [1.29, 1.82) is 0 Å². The number of alkyl halides is 3. The number of benzene rings is 1. The number of carbonyl (C=O) groups is 1. The standard InChI is InChI=1S/C20H25F3N6O/c1-14-25-27-29(26-14)13-17-11-18(20(21,22)23)5-3-16(17)4-6-19(30)28(2)12-15-7-9-24-10-8-15/h3-6,11,15,24H,7-10,12-13H2,1-2H3/b6-4+. The van der Waals surface area contributed by atoms with E-state index < -0.39 is 11.7 Å². The highest BCUT2D eigenvalue weighted by Gasteiger charge is 2.31. The number of aryl methyl sites for hydroxylation is 1. The molecular weight excluding hydrogens is 397 g/mol. The number of amides is 1. The summed E-state index contributed by atoms with van der Waals surface area (Å²) in [5.41, 5.74) is 0.0923. The van der Waals surface area contributed by atoms with Gasteiger partial charge in [0.15, 0.2) is 5.82 Å². The Hall–Kier alpha value is -2.75. The summed E-state index contributed by atoms with van der Waals surface area (Å²) in [7, 11) is 1.74. The molecule has 7 nitrogen and oxygen atoms in total. The predicted molar refractivity (Wildman–Crippen MR) is 105 cm³/mol. The topological polar surface area (TPSA) is 75.9 Å². The maximum Gasteiger partial charge on any atom is 0.416 e. The molecule has 2 heterocycles. The van der Waals surface area contributed by atoms with E-state index in [1.807, 2.05) is 0 Å². The van der Waals surface area contributed by atoms with Gasteiger partial charge in [-0.3, -0.25) is 4.79 Å². The molecule has 10 heteroatoms. The van der Waals surface area contributed by atoms with Gasteiger partial charge in [0, 0.05) is 19.7 Å². The van der Waals surface area contributed by atoms with Gasteiger partial charge in [-0.15, -0.1) is 10.2 Å². The van der Waals surface area contributed by atoms with E-state index in [0.29, 0.717) is 29.4 Å². The Morgan fingerprint density at radius 2 is 2.07 bits per heavy atom. The SMILES string of the molecule is Cc1nnn(Cc2cc(C(F)(F)F)ccc2/C=C/C(=O)N(C)CC2CCNCC2)n1. The molecule has 1 aromatic heterocycles. The molecule has 1 aliphatic heterocycles. The van der Waals surface area contributed by atoms with Crippen LogP contribution in [0.15, 0.2) is 24.3 Å². The Morgan fingerprint density at radius 3 is 2.70 bits per heavy atom. The molecule has 0 radical (unpaired) electrons. The number of halogens is 3. The highest BCUT2D eigenvalue weighted by molar-refractivity contribution is 5.91. The lowest BCUT2D eigenvalue weighted by Crippen LogP contribution is -2.36. The quantitative estimate of drug-likeness (QED) is 0.724. The highest BCUT2D eigenvalue weighted by Crippen LogP contribution is 2.31. The van der Waals surface area contributed by atoms with Crippen LogP contribution in [0.4, 0.5) is 13.2 Å². The van der Waals surface area contributed by atoms with Crippen LogP contribution in [0.1, 0.15) is 35.4 Å². The fourth-order valence-corrected chi connectivity index (χ4v) is 3.45. The van der Waals surface area contributed by atoms with Crippen LogP contribution in [-0.2, 0) is 17.5 Å². The zero-order chi connectivity index (χ0) is 21.7. The summed E-state index contributed by atoms with van der Waals surface area (Å²) in [4.78, 5) is 15.4. The van der Waals surface area contributed by atoms with Gasteiger partial charge >= 0.3 is 6.18 Å². The molecule has 1 fully saturated rings. The van der Waals surface area contributed by atoms with Crippen molar-refractivity contribution in [3.05, 3.63) is 46.8 Å². The van der Waals surface area contributed by atoms with E-state index in [1.54, 1.807) is 24.9 Å². The number of aromatic nitrogens is 4. The number of carbonyl (C=O) groups excluding carboxylic acids is 1. The average Bonchev–Trinajstić information content (AvgIpc) is 3.11. The molecule has 3 rings (SSSR count). The van der Waals surface area contributed by atoms with Crippen LogP contribution in [0, 0.1) is 12.8 Å². The molecule has 0 unspecified atom stereocenters. The Bertz CT molecular complexity index is 902. The summed E-state index contributed by atoms with van der Waals surface area (Å²) in [5.74, 6) is 0.694. The zero-order valence-corrected chi connectivity index (χ0v) is 17.0. The molecule has 1 saturated heterocycles. The van der Waals surface area contributed by atoms with Gasteiger partial charge in [0.05, 0.1) is 12.1 Å². The van der Waals surface area contributed by atoms with Crippen LogP contribution >= 0.6 is 0 Å². The number of nitrogens with zero attached hydrogens (tertiary/aromatic N) is 5. The van der Waals surface area contributed by atoms with Crippen molar-refractivity contribution >= 4 is 12.0 Å². The molecule has 2 aromatic rings. The second-order valence-electron chi connectivity index (χ2n) is 7.52. The number of rotatable bonds is 6. The lowest BCUT2D eigenvalue weighted by Gasteiger charge is -2.27. The number of piperidine rings is 1. The van der Waals surface area contributed by atoms with Gasteiger partial charge in [-0.1, -0.05) is 6.07 Å². The summed E-state index contributed by atoms with van der Waals surface area (Å²) >= 11 is 0. The Balaban J connectivity index is 1.76. The summed E-state index contributed by atoms with van der Waals surface area (Å²) in [5, 5.41) is 14.9. The first kappa shape index (κ1) is 21.9. The third-order valence-electron chi connectivity index (χ3n) is 5.11. The van der Waals surface area contributed by atoms with E-state index in [2.05, 4.69) is 20.7 Å². The van der Waals surface area contributed by atoms with Gasteiger partial charge in [-0.2, -0.15) is 18.0 Å². The number of nitrogens with one attached hydrogen (secondary N) is 1. The molecule has 0 bridgehead atoms. The second-order valence-corrected chi connectivity index (χ2v) is 7.52. The van der Waals surface area contributed by atoms with Crippen molar-refractivity contribution in [3.8, 4) is 0 Å². The van der Waals surface area contributed by atoms with Crippen molar-refractivity contribution in [2.24, 2.45) is 5.92 Å². The van der Waals surface area contributed by atoms with Crippen molar-refractivity contribution in [1.82, 2.24) is 30.4 Å². The zero-order valence-electron chi connectivity index (χ0n) is 17.0. The van der Waals surface area contributed by atoms with E-state index in [9.17, 15) is 18.0 Å². The molecular formula is C20H25F3N6O. The van der Waals surface area contributed by atoms with Crippen molar-refractivity contribution < 1.29 is 18.0 Å². The van der Waals surface area contributed by atoms with Gasteiger partial charge in [-0.25, -0.2) is 0 Å². The number of hydrogen-bond acceptors (Lipinski definition) is 5. The number of hydrogen-bond donors (Lipinski definition) is 1. The minimum atomic E-state index is -4.46. The third kappa shape index (κ3) is 5.88. The van der Waals surface area contributed by atoms with Gasteiger partial charge in [0.2, 0.25) is 5.91 Å². The second kappa shape index (κ2) is 9.38. The van der Waals surface area contributed by atoms with Crippen molar-refractivity contribution in [2.45, 2.75) is 32.5 Å². The van der Waals surface area contributed by atoms with Gasteiger partial charge in [0.25, 0.3) is 0 Å². The minimum absolute atomic E-state index is 0.0174. The first-order valence-corrected chi connectivity index (χ1v) is 9.81. The Kier molecular flexibility index (Phi) is 6.86. The fourth-order valence-electron chi connectivity index (χ4n) is 3.45. The molecule has 0 spiro atoms. The summed E-state index contributed by atoms with van der Waals surface area (Å²) in [6.45, 7) is 4.23. The molecule has 0 saturated carbocycles. The van der Waals surface area contributed by atoms with Crippen LogP contribution in [0.5, 0.6) is 0 Å². The summed E-state index contributed by atoms with van der Waals surface area (Å²) < 4.78 is 39.5. The van der Waals surface area contributed by atoms with Crippen LogP contribution in [0.3, 0.4) is 0 Å². The molecule has 162 valence electrons. The largest absolute Gasteiger partial charge is 0.416 e. The normalized spacial score (nSPS) is 15.6. The molecule has 1 N–H and O–H groups in total. The Labute approximate surface area is 172 Å². The van der Waals surface area contributed by atoms with E-state index in [0.717, 1.165) is 38.1 Å². The molecule has 30 heavy (non-hydrogen) atoms. The van der Waals surface area contributed by atoms with Gasteiger partial charge in [0.1, 0.15) is 0 Å². The van der Waals surface area contributed by atoms with E-state index in [-0.39, 0.29) is 12.5 Å². The minimum Gasteiger partial charge on any atom is -0.342 e. The van der Waals surface area contributed by atoms with Crippen LogP contribution in [0.25, 0.3) is 6.08 Å². The monoisotopic (exact) mass is 422 g/mol. The molecule has 0 atom stereocenters. The number of likely N-dealkylation sites (N-methyl/N-ethyl adjacent to an activating group) is 1. The summed E-state index contributed by atoms with van der Waals surface area (Å²) in [6.07, 6.45) is 0.519. The van der Waals surface area contributed by atoms with Crippen LogP contribution < -0.4 is 5.32 Å². The van der Waals surface area contributed by atoms with Crippen molar-refractivity contribution in [3.63, 3.8) is 0 Å². The third-order valence-corrected chi connectivity index (χ3v) is 5.11. The van der Waals surface area contributed by atoms with Crippen molar-refractivity contribution in [2.75, 3.05) is 26.7 Å². The first-order chi connectivity index (χ1) is 14.2. The Morgan fingerprint density at radius 1 is 1.33 bits per heavy atom. The van der Waals surface area contributed by atoms with E-state index in [1.165, 1.54) is 16.9 Å². The average molecular weight is 422 g/mol. The predicted octanol–water partition coefficient (Wildman–Crippen LogP) is 2.52. The lowest BCUT2D eigenvalue weighted by atomic mass is 9.97. The first-order valence-electron chi connectivity index (χ1n) is 9.81. The summed E-state index contributed by atoms with van der Waals surface area (Å²) in [6, 6.07) is 3.42. The maximum absolute atomic E-state index is 13.2. The van der Waals surface area contributed by atoms with Crippen LogP contribution in [0.2, 0.25) is 0 Å². The van der Waals surface area contributed by atoms with E-state index >= 15 is 0 Å².